The Balaban J connectivity index is 1.06. The number of nitrogens with zero attached hydrogens (tertiary/aromatic N) is 2. The predicted octanol–water partition coefficient (Wildman–Crippen LogP) is 16.4. The Morgan fingerprint density at radius 1 is 0.316 bits per heavy atom. The van der Waals surface area contributed by atoms with Crippen LogP contribution in [0.15, 0.2) is 199 Å². The topological polar surface area (TPSA) is 19.6 Å². The summed E-state index contributed by atoms with van der Waals surface area (Å²) in [6, 6.07) is 70.2. The molecule has 0 saturated heterocycles. The van der Waals surface area contributed by atoms with Crippen LogP contribution < -0.4 is 9.80 Å². The van der Waals surface area contributed by atoms with Crippen LogP contribution >= 0.6 is 22.7 Å². The van der Waals surface area contributed by atoms with Crippen LogP contribution in [0.5, 0.6) is 0 Å². The summed E-state index contributed by atoms with van der Waals surface area (Å²) in [5, 5.41) is 9.68. The van der Waals surface area contributed by atoms with Gasteiger partial charge < -0.3 is 14.2 Å². The lowest BCUT2D eigenvalue weighted by atomic mass is 10.0. The molecule has 12 aromatic rings. The zero-order valence-electron chi connectivity index (χ0n) is 30.6. The standard InChI is InChI=1S/C52H32N2OS2/c1-2-13-35(14-3-1)53(37-24-27-50-43(30-37)40-15-6-8-19-48(40)56-50)39-23-26-42-47(32-39)55-46-18-10-17-45(52(42)46)54(36-22-21-33-11-4-5-12-34(33)29-36)38-25-28-51-44(31-38)41-16-7-9-20-49(41)57-51/h1-32H. The van der Waals surface area contributed by atoms with Crippen LogP contribution in [-0.2, 0) is 0 Å². The number of benzene rings is 9. The van der Waals surface area contributed by atoms with Gasteiger partial charge in [0.1, 0.15) is 11.2 Å². The minimum absolute atomic E-state index is 0.843. The lowest BCUT2D eigenvalue weighted by molar-refractivity contribution is 0.669. The quantitative estimate of drug-likeness (QED) is 0.168. The second-order valence-corrected chi connectivity index (χ2v) is 16.7. The molecule has 0 unspecified atom stereocenters. The third-order valence-electron chi connectivity index (χ3n) is 11.2. The minimum atomic E-state index is 0.843. The van der Waals surface area contributed by atoms with E-state index in [0.29, 0.717) is 0 Å². The van der Waals surface area contributed by atoms with E-state index in [-0.39, 0.29) is 0 Å². The first kappa shape index (κ1) is 32.3. The summed E-state index contributed by atoms with van der Waals surface area (Å²) >= 11 is 3.69. The van der Waals surface area contributed by atoms with Crippen LogP contribution in [0.1, 0.15) is 0 Å². The van der Waals surface area contributed by atoms with Crippen molar-refractivity contribution in [1.82, 2.24) is 0 Å². The van der Waals surface area contributed by atoms with Gasteiger partial charge in [-0.2, -0.15) is 0 Å². The van der Waals surface area contributed by atoms with Crippen LogP contribution in [0, 0.1) is 0 Å². The Labute approximate surface area is 336 Å². The molecule has 12 rings (SSSR count). The average Bonchev–Trinajstić information content (AvgIpc) is 3.95. The van der Waals surface area contributed by atoms with Gasteiger partial charge in [0.15, 0.2) is 0 Å². The van der Waals surface area contributed by atoms with Crippen LogP contribution in [-0.4, -0.2) is 0 Å². The van der Waals surface area contributed by atoms with Crippen LogP contribution in [0.3, 0.4) is 0 Å². The van der Waals surface area contributed by atoms with Gasteiger partial charge in [-0.25, -0.2) is 0 Å². The number of thiophene rings is 2. The number of anilines is 6. The molecule has 0 aliphatic rings. The molecule has 0 aliphatic carbocycles. The highest BCUT2D eigenvalue weighted by molar-refractivity contribution is 7.26. The van der Waals surface area contributed by atoms with Gasteiger partial charge in [0.25, 0.3) is 0 Å². The van der Waals surface area contributed by atoms with Gasteiger partial charge in [-0.05, 0) is 108 Å². The zero-order chi connectivity index (χ0) is 37.5. The maximum Gasteiger partial charge on any atom is 0.137 e. The molecule has 0 radical (unpaired) electrons. The highest BCUT2D eigenvalue weighted by Gasteiger charge is 2.22. The molecule has 0 saturated carbocycles. The number of hydrogen-bond acceptors (Lipinski definition) is 5. The Kier molecular flexibility index (Phi) is 7.27. The highest BCUT2D eigenvalue weighted by Crippen LogP contribution is 2.47. The molecular weight excluding hydrogens is 733 g/mol. The average molecular weight is 765 g/mol. The number of rotatable bonds is 6. The lowest BCUT2D eigenvalue weighted by Gasteiger charge is -2.27. The van der Waals surface area contributed by atoms with Crippen LogP contribution in [0.25, 0.3) is 73.1 Å². The molecule has 0 N–H and O–H groups in total. The number of para-hydroxylation sites is 1. The third kappa shape index (κ3) is 5.24. The van der Waals surface area contributed by atoms with Crippen molar-refractivity contribution < 1.29 is 4.42 Å². The molecule has 57 heavy (non-hydrogen) atoms. The van der Waals surface area contributed by atoms with E-state index in [1.165, 1.54) is 51.1 Å². The fourth-order valence-electron chi connectivity index (χ4n) is 8.59. The molecule has 3 aromatic heterocycles. The predicted molar refractivity (Wildman–Crippen MR) is 246 cm³/mol. The van der Waals surface area contributed by atoms with E-state index >= 15 is 0 Å². The van der Waals surface area contributed by atoms with Crippen molar-refractivity contribution >= 4 is 130 Å². The fraction of sp³-hybridized carbons (Fsp3) is 0. The van der Waals surface area contributed by atoms with Gasteiger partial charge in [0.05, 0.1) is 11.1 Å². The van der Waals surface area contributed by atoms with Crippen molar-refractivity contribution in [2.45, 2.75) is 0 Å². The van der Waals surface area contributed by atoms with Crippen molar-refractivity contribution in [3.63, 3.8) is 0 Å². The Morgan fingerprint density at radius 2 is 0.877 bits per heavy atom. The molecule has 9 aromatic carbocycles. The largest absolute Gasteiger partial charge is 0.456 e. The summed E-state index contributed by atoms with van der Waals surface area (Å²) in [6.07, 6.45) is 0. The van der Waals surface area contributed by atoms with Gasteiger partial charge in [0, 0.05) is 80.2 Å². The van der Waals surface area contributed by atoms with Crippen molar-refractivity contribution in [2.24, 2.45) is 0 Å². The SMILES string of the molecule is c1ccc(N(c2ccc3c(c2)oc2cccc(N(c4ccc5ccccc5c4)c4ccc5sc6ccccc6c5c4)c23)c2ccc3sc4ccccc4c3c2)cc1. The maximum atomic E-state index is 6.83. The summed E-state index contributed by atoms with van der Waals surface area (Å²) in [6.45, 7) is 0. The second kappa shape index (κ2) is 12.8. The van der Waals surface area contributed by atoms with Gasteiger partial charge in [-0.15, -0.1) is 22.7 Å². The highest BCUT2D eigenvalue weighted by atomic mass is 32.1. The smallest absolute Gasteiger partial charge is 0.137 e. The molecule has 0 aliphatic heterocycles. The van der Waals surface area contributed by atoms with Crippen LogP contribution in [0.4, 0.5) is 34.1 Å². The summed E-state index contributed by atoms with van der Waals surface area (Å²) < 4.78 is 12.0. The summed E-state index contributed by atoms with van der Waals surface area (Å²) in [5.41, 5.74) is 8.19. The van der Waals surface area contributed by atoms with Gasteiger partial charge in [-0.3, -0.25) is 0 Å². The number of hydrogen-bond donors (Lipinski definition) is 0. The Hall–Kier alpha value is -6.92. The molecule has 5 heteroatoms. The molecule has 0 atom stereocenters. The van der Waals surface area contributed by atoms with Gasteiger partial charge >= 0.3 is 0 Å². The molecule has 0 bridgehead atoms. The fourth-order valence-corrected chi connectivity index (χ4v) is 10.8. The van der Waals surface area contributed by atoms with Crippen LogP contribution in [0.2, 0.25) is 0 Å². The maximum absolute atomic E-state index is 6.83. The molecule has 0 fully saturated rings. The molecule has 0 spiro atoms. The molecule has 0 amide bonds. The monoisotopic (exact) mass is 764 g/mol. The first-order valence-corrected chi connectivity index (χ1v) is 20.8. The third-order valence-corrected chi connectivity index (χ3v) is 13.5. The first-order valence-electron chi connectivity index (χ1n) is 19.2. The minimum Gasteiger partial charge on any atom is -0.456 e. The summed E-state index contributed by atoms with van der Waals surface area (Å²) in [4.78, 5) is 4.74. The van der Waals surface area contributed by atoms with E-state index in [0.717, 1.165) is 56.1 Å². The molecular formula is C52H32N2OS2. The van der Waals surface area contributed by atoms with Crippen molar-refractivity contribution in [2.75, 3.05) is 9.80 Å². The number of fused-ring (bicyclic) bond motifs is 10. The molecule has 268 valence electrons. The van der Waals surface area contributed by atoms with E-state index in [4.69, 9.17) is 4.42 Å². The van der Waals surface area contributed by atoms with Gasteiger partial charge in [-0.1, -0.05) is 91.0 Å². The second-order valence-electron chi connectivity index (χ2n) is 14.5. The van der Waals surface area contributed by atoms with E-state index in [1.54, 1.807) is 0 Å². The van der Waals surface area contributed by atoms with E-state index in [1.807, 2.05) is 22.7 Å². The Bertz CT molecular complexity index is 3510. The lowest BCUT2D eigenvalue weighted by Crippen LogP contribution is -2.10. The Morgan fingerprint density at radius 3 is 1.61 bits per heavy atom. The zero-order valence-corrected chi connectivity index (χ0v) is 32.2. The first-order chi connectivity index (χ1) is 28.2. The summed E-state index contributed by atoms with van der Waals surface area (Å²) in [7, 11) is 0. The normalized spacial score (nSPS) is 11.9. The van der Waals surface area contributed by atoms with E-state index in [9.17, 15) is 0 Å². The van der Waals surface area contributed by atoms with E-state index < -0.39 is 0 Å². The van der Waals surface area contributed by atoms with Gasteiger partial charge in [0.2, 0.25) is 0 Å². The molecule has 3 heterocycles. The number of furan rings is 1. The summed E-state index contributed by atoms with van der Waals surface area (Å²) in [5.74, 6) is 0. The van der Waals surface area contributed by atoms with Crippen molar-refractivity contribution in [3.05, 3.63) is 194 Å². The van der Waals surface area contributed by atoms with E-state index in [2.05, 4.69) is 204 Å². The van der Waals surface area contributed by atoms with Crippen molar-refractivity contribution in [3.8, 4) is 0 Å². The van der Waals surface area contributed by atoms with Crippen molar-refractivity contribution in [1.29, 1.82) is 0 Å². The molecule has 3 nitrogen and oxygen atoms in total.